The highest BCUT2D eigenvalue weighted by Crippen LogP contribution is 2.24. The van der Waals surface area contributed by atoms with Crippen molar-refractivity contribution in [2.75, 3.05) is 6.61 Å². The molecule has 0 aliphatic rings. The quantitative estimate of drug-likeness (QED) is 0.211. The van der Waals surface area contributed by atoms with Crippen molar-refractivity contribution in [3.8, 4) is 0 Å². The molecule has 0 saturated carbocycles. The third-order valence-electron chi connectivity index (χ3n) is 6.42. The van der Waals surface area contributed by atoms with Gasteiger partial charge in [-0.25, -0.2) is 0 Å². The summed E-state index contributed by atoms with van der Waals surface area (Å²) in [6.07, 6.45) is -1.91. The third-order valence-corrected chi connectivity index (χ3v) is 6.42. The van der Waals surface area contributed by atoms with E-state index in [1.807, 2.05) is 91.0 Å². The summed E-state index contributed by atoms with van der Waals surface area (Å²) >= 11 is 0. The summed E-state index contributed by atoms with van der Waals surface area (Å²) in [5, 5.41) is 0. The molecule has 0 aliphatic carbocycles. The molecule has 0 radical (unpaired) electrons. The Hall–Kier alpha value is -4.01. The lowest BCUT2D eigenvalue weighted by atomic mass is 9.90. The van der Waals surface area contributed by atoms with Crippen LogP contribution in [0, 0.1) is 11.8 Å². The topological polar surface area (TPSA) is 114 Å². The van der Waals surface area contributed by atoms with E-state index in [2.05, 4.69) is 0 Å². The molecule has 0 aromatic heterocycles. The summed E-state index contributed by atoms with van der Waals surface area (Å²) in [6.45, 7) is 5.23. The maximum atomic E-state index is 13.5. The Bertz CT molecular complexity index is 1220. The molecule has 0 saturated heterocycles. The number of nitrogens with two attached hydrogens (primary N) is 1. The van der Waals surface area contributed by atoms with Crippen molar-refractivity contribution < 1.29 is 33.3 Å². The van der Waals surface area contributed by atoms with Crippen molar-refractivity contribution in [1.29, 1.82) is 0 Å². The Morgan fingerprint density at radius 2 is 1.17 bits per heavy atom. The van der Waals surface area contributed by atoms with E-state index >= 15 is 0 Å². The number of rotatable bonds is 15. The zero-order valence-electron chi connectivity index (χ0n) is 23.8. The Morgan fingerprint density at radius 3 is 1.71 bits per heavy atom. The summed E-state index contributed by atoms with van der Waals surface area (Å²) in [4.78, 5) is 39.2. The molecule has 2 N–H and O–H groups in total. The molecule has 41 heavy (non-hydrogen) atoms. The Kier molecular flexibility index (Phi) is 12.5. The predicted octanol–water partition coefficient (Wildman–Crippen LogP) is 4.63. The highest BCUT2D eigenvalue weighted by Gasteiger charge is 2.39. The van der Waals surface area contributed by atoms with Gasteiger partial charge in [0.05, 0.1) is 19.1 Å². The van der Waals surface area contributed by atoms with E-state index < -0.39 is 48.0 Å². The van der Waals surface area contributed by atoms with Crippen LogP contribution in [-0.4, -0.2) is 42.8 Å². The fraction of sp³-hybridized carbons (Fsp3) is 0.364. The van der Waals surface area contributed by atoms with Crippen LogP contribution in [0.4, 0.5) is 0 Å². The van der Waals surface area contributed by atoms with E-state index in [0.29, 0.717) is 6.61 Å². The van der Waals surface area contributed by atoms with E-state index in [9.17, 15) is 14.4 Å². The number of hydrogen-bond acceptors (Lipinski definition) is 8. The minimum absolute atomic E-state index is 0.0492. The predicted molar refractivity (Wildman–Crippen MR) is 154 cm³/mol. The summed E-state index contributed by atoms with van der Waals surface area (Å²) in [5.74, 6) is -3.24. The molecule has 0 bridgehead atoms. The first-order chi connectivity index (χ1) is 19.7. The van der Waals surface area contributed by atoms with Crippen molar-refractivity contribution in [1.82, 2.24) is 0 Å². The lowest BCUT2D eigenvalue weighted by Gasteiger charge is -2.31. The maximum Gasteiger partial charge on any atom is 0.325 e. The average molecular weight is 562 g/mol. The van der Waals surface area contributed by atoms with Gasteiger partial charge in [-0.1, -0.05) is 105 Å². The van der Waals surface area contributed by atoms with Gasteiger partial charge in [0.2, 0.25) is 0 Å². The molecule has 0 heterocycles. The lowest BCUT2D eigenvalue weighted by molar-refractivity contribution is -0.181. The highest BCUT2D eigenvalue weighted by atomic mass is 16.6. The smallest absolute Gasteiger partial charge is 0.325 e. The van der Waals surface area contributed by atoms with Crippen molar-refractivity contribution >= 4 is 17.9 Å². The second-order valence-electron chi connectivity index (χ2n) is 10.2. The number of carbonyl (C=O) groups is 3. The van der Waals surface area contributed by atoms with Gasteiger partial charge in [0, 0.05) is 0 Å². The first-order valence-corrected chi connectivity index (χ1v) is 13.8. The number of carbonyl (C=O) groups excluding carboxylic acids is 3. The van der Waals surface area contributed by atoms with Gasteiger partial charge in [0.25, 0.3) is 0 Å². The normalized spacial score (nSPS) is 14.0. The Balaban J connectivity index is 1.75. The SMILES string of the molecule is CC(C)C(=O)OC(C(C)OC(=O)C(N)COCc1ccccc1)C(Cc1ccccc1)C(=O)OCc1ccccc1. The van der Waals surface area contributed by atoms with Crippen molar-refractivity contribution in [2.45, 2.75) is 58.7 Å². The zero-order chi connectivity index (χ0) is 29.6. The van der Waals surface area contributed by atoms with Crippen molar-refractivity contribution in [2.24, 2.45) is 17.6 Å². The summed E-state index contributed by atoms with van der Waals surface area (Å²) in [6, 6.07) is 27.0. The molecule has 3 aromatic carbocycles. The van der Waals surface area contributed by atoms with E-state index in [0.717, 1.165) is 16.7 Å². The van der Waals surface area contributed by atoms with Gasteiger partial charge in [-0.05, 0) is 30.0 Å². The van der Waals surface area contributed by atoms with E-state index in [1.54, 1.807) is 20.8 Å². The van der Waals surface area contributed by atoms with Gasteiger partial charge in [-0.3, -0.25) is 14.4 Å². The van der Waals surface area contributed by atoms with Crippen LogP contribution in [0.15, 0.2) is 91.0 Å². The average Bonchev–Trinajstić information content (AvgIpc) is 2.98. The molecule has 3 rings (SSSR count). The third kappa shape index (κ3) is 10.5. The van der Waals surface area contributed by atoms with Crippen LogP contribution in [-0.2, 0) is 53.0 Å². The second kappa shape index (κ2) is 16.3. The number of hydrogen-bond donors (Lipinski definition) is 1. The molecule has 0 amide bonds. The van der Waals surface area contributed by atoms with E-state index in [1.165, 1.54) is 0 Å². The Labute approximate surface area is 241 Å². The fourth-order valence-corrected chi connectivity index (χ4v) is 4.10. The molecular formula is C33H39NO7. The van der Waals surface area contributed by atoms with Gasteiger partial charge < -0.3 is 24.7 Å². The van der Waals surface area contributed by atoms with Crippen molar-refractivity contribution in [3.63, 3.8) is 0 Å². The molecule has 3 aromatic rings. The van der Waals surface area contributed by atoms with Crippen LogP contribution < -0.4 is 5.73 Å². The highest BCUT2D eigenvalue weighted by molar-refractivity contribution is 5.77. The Morgan fingerprint density at radius 1 is 0.659 bits per heavy atom. The molecule has 0 aliphatic heterocycles. The van der Waals surface area contributed by atoms with Crippen LogP contribution in [0.2, 0.25) is 0 Å². The van der Waals surface area contributed by atoms with Crippen molar-refractivity contribution in [3.05, 3.63) is 108 Å². The molecule has 218 valence electrons. The van der Waals surface area contributed by atoms with E-state index in [-0.39, 0.29) is 19.6 Å². The van der Waals surface area contributed by atoms with Crippen LogP contribution >= 0.6 is 0 Å². The van der Waals surface area contributed by atoms with Crippen LogP contribution in [0.3, 0.4) is 0 Å². The first kappa shape index (κ1) is 31.5. The molecule has 8 nitrogen and oxygen atoms in total. The molecule has 4 unspecified atom stereocenters. The largest absolute Gasteiger partial charge is 0.460 e. The van der Waals surface area contributed by atoms with Crippen LogP contribution in [0.5, 0.6) is 0 Å². The number of ether oxygens (including phenoxy) is 4. The van der Waals surface area contributed by atoms with Gasteiger partial charge in [0.15, 0.2) is 6.10 Å². The number of esters is 3. The minimum atomic E-state index is -1.12. The van der Waals surface area contributed by atoms with Gasteiger partial charge in [-0.2, -0.15) is 0 Å². The summed E-state index contributed by atoms with van der Waals surface area (Å²) in [7, 11) is 0. The summed E-state index contributed by atoms with van der Waals surface area (Å²) < 4.78 is 22.7. The molecule has 4 atom stereocenters. The first-order valence-electron chi connectivity index (χ1n) is 13.8. The van der Waals surface area contributed by atoms with Gasteiger partial charge >= 0.3 is 17.9 Å². The standard InChI is InChI=1S/C33H39NO7/c1-23(2)31(35)41-30(24(3)40-33(37)29(34)22-38-20-26-15-9-5-10-16-26)28(19-25-13-7-4-8-14-25)32(36)39-21-27-17-11-6-12-18-27/h4-18,23-24,28-30H,19-22,34H2,1-3H3. The van der Waals surface area contributed by atoms with Crippen LogP contribution in [0.1, 0.15) is 37.5 Å². The molecular weight excluding hydrogens is 522 g/mol. The van der Waals surface area contributed by atoms with Crippen LogP contribution in [0.25, 0.3) is 0 Å². The lowest BCUT2D eigenvalue weighted by Crippen LogP contribution is -2.47. The van der Waals surface area contributed by atoms with Gasteiger partial charge in [-0.15, -0.1) is 0 Å². The number of benzene rings is 3. The summed E-state index contributed by atoms with van der Waals surface area (Å²) in [5.41, 5.74) is 8.65. The zero-order valence-corrected chi connectivity index (χ0v) is 23.8. The molecule has 0 fully saturated rings. The second-order valence-corrected chi connectivity index (χ2v) is 10.2. The maximum absolute atomic E-state index is 13.5. The van der Waals surface area contributed by atoms with E-state index in [4.69, 9.17) is 24.7 Å². The van der Waals surface area contributed by atoms with Gasteiger partial charge in [0.1, 0.15) is 24.7 Å². The monoisotopic (exact) mass is 561 g/mol. The molecule has 8 heteroatoms. The minimum Gasteiger partial charge on any atom is -0.460 e. The fourth-order valence-electron chi connectivity index (χ4n) is 4.10. The molecule has 0 spiro atoms.